The number of aromatic nitrogens is 12. The van der Waals surface area contributed by atoms with Crippen molar-refractivity contribution < 1.29 is 14.7 Å². The van der Waals surface area contributed by atoms with Crippen molar-refractivity contribution >= 4 is 104 Å². The zero-order valence-electron chi connectivity index (χ0n) is 62.6. The molecule has 10 N–H and O–H groups in total. The maximum atomic E-state index is 12.9. The van der Waals surface area contributed by atoms with Crippen LogP contribution in [0.25, 0.3) is 16.9 Å². The summed E-state index contributed by atoms with van der Waals surface area (Å²) in [4.78, 5) is 60.4. The average Bonchev–Trinajstić information content (AvgIpc) is 1.78. The number of allylic oxidation sites excluding steroid dienone is 2. The second-order valence-corrected chi connectivity index (χ2v) is 27.5. The lowest BCUT2D eigenvalue weighted by atomic mass is 9.91. The van der Waals surface area contributed by atoms with Crippen LogP contribution in [0.5, 0.6) is 0 Å². The molecule has 10 aromatic rings. The highest BCUT2D eigenvalue weighted by Gasteiger charge is 2.29. The smallest absolute Gasteiger partial charge is 0.255 e. The Morgan fingerprint density at radius 1 is 0.495 bits per heavy atom. The van der Waals surface area contributed by atoms with Crippen LogP contribution >= 0.6 is 0 Å². The lowest BCUT2D eigenvalue weighted by Crippen LogP contribution is -2.41. The molecule has 2 aliphatic carbocycles. The number of aliphatic hydroxyl groups excluding tert-OH is 1. The Morgan fingerprint density at radius 3 is 1.35 bits per heavy atom. The van der Waals surface area contributed by atoms with Gasteiger partial charge in [0.25, 0.3) is 5.91 Å². The van der Waals surface area contributed by atoms with E-state index in [2.05, 4.69) is 160 Å². The Labute approximate surface area is 626 Å². The Morgan fingerprint density at radius 2 is 0.916 bits per heavy atom. The number of aryl methyl sites for hydroxylation is 3. The fourth-order valence-corrected chi connectivity index (χ4v) is 13.5. The minimum Gasteiger partial charge on any atom is -0.396 e. The van der Waals surface area contributed by atoms with Crippen LogP contribution in [0.1, 0.15) is 125 Å². The first-order valence-corrected chi connectivity index (χ1v) is 37.0. The summed E-state index contributed by atoms with van der Waals surface area (Å²) in [5, 5.41) is 52.5. The first kappa shape index (κ1) is 76.6. The first-order chi connectivity index (χ1) is 51.9. The Hall–Kier alpha value is -11.6. The maximum absolute atomic E-state index is 12.9. The van der Waals surface area contributed by atoms with E-state index in [9.17, 15) is 14.7 Å². The summed E-state index contributed by atoms with van der Waals surface area (Å²) < 4.78 is 5.22. The zero-order chi connectivity index (χ0) is 75.5. The third-order valence-electron chi connectivity index (χ3n) is 19.6. The van der Waals surface area contributed by atoms with Crippen LogP contribution in [-0.2, 0) is 24.1 Å². The second kappa shape index (κ2) is 36.4. The van der Waals surface area contributed by atoms with Crippen LogP contribution in [-0.4, -0.2) is 157 Å². The maximum Gasteiger partial charge on any atom is 0.255 e. The highest BCUT2D eigenvalue weighted by molar-refractivity contribution is 6.04. The molecule has 1 atom stereocenters. The molecule has 0 spiro atoms. The molecule has 560 valence electrons. The number of rotatable bonds is 28. The number of amides is 2. The van der Waals surface area contributed by atoms with Crippen molar-refractivity contribution in [3.63, 3.8) is 0 Å². The van der Waals surface area contributed by atoms with Gasteiger partial charge >= 0.3 is 0 Å². The monoisotopic (exact) mass is 1450 g/mol. The third-order valence-corrected chi connectivity index (χ3v) is 19.6. The summed E-state index contributed by atoms with van der Waals surface area (Å²) in [7, 11) is 8.63. The van der Waals surface area contributed by atoms with Crippen molar-refractivity contribution in [2.24, 2.45) is 0 Å². The topological polar surface area (TPSA) is 302 Å². The van der Waals surface area contributed by atoms with E-state index >= 15 is 0 Å². The van der Waals surface area contributed by atoms with Gasteiger partial charge in [0.2, 0.25) is 41.6 Å². The van der Waals surface area contributed by atoms with E-state index in [0.29, 0.717) is 88.9 Å². The fraction of sp³-hybridized carbons (Fsp3) is 0.362. The standard InChI is InChI=1S/C32H39N9O.C25H34N8.C23H29N7O2/c1-6-21(3)34-24-13-11-23(12-14-24)30(42)35-26-9-8-10-27(19-26)37-32-39-31(38-29-22(7-2)20-33-41(29)32)36-25-15-17-28(18-16-25)40(4)5;1-6-17(3)27-20-9-8-10-21(15-20)29-25-31-24(30-23-18(7-2)16-26-33(23)25)28-19-11-13-22(14-12-19)32(4)5;1-3-16-15-24-30-21(16)27-22(29-12-6-5-10-19(29)11-13-31)28-23(30)26-18-9-7-8-17(14-18)25-20(32)4-2/h6,8-14,19-20,25,28,34H,1,3,7,15-18H2,2,4-5H3,(H,35,42)(H2,36,37,38,39);6,8-10,15-16,19,22,27H,1,3,7,11-14H2,2,4-5H3,(H2,28,29,30,31);4,7-9,14-15,19,31H,2-3,5-6,10-13H2,1H3,(H,25,32)(H,26,27,28). The van der Waals surface area contributed by atoms with Gasteiger partial charge in [0, 0.05) is 117 Å². The van der Waals surface area contributed by atoms with Crippen molar-refractivity contribution in [2.45, 2.75) is 147 Å². The average molecular weight is 1450 g/mol. The Balaban J connectivity index is 0.000000162. The van der Waals surface area contributed by atoms with Crippen LogP contribution in [0.2, 0.25) is 0 Å². The number of piperidine rings is 1. The number of benzene rings is 4. The van der Waals surface area contributed by atoms with Gasteiger partial charge in [-0.25, -0.2) is 0 Å². The minimum atomic E-state index is -0.270. The summed E-state index contributed by atoms with van der Waals surface area (Å²) >= 11 is 0. The van der Waals surface area contributed by atoms with Gasteiger partial charge in [0.05, 0.1) is 18.6 Å². The molecule has 13 rings (SSSR count). The Kier molecular flexibility index (Phi) is 26.1. The number of nitrogens with zero attached hydrogens (tertiary/aromatic N) is 15. The summed E-state index contributed by atoms with van der Waals surface area (Å²) in [5.41, 5.74) is 13.0. The molecule has 4 aromatic carbocycles. The second-order valence-electron chi connectivity index (χ2n) is 27.5. The molecule has 0 bridgehead atoms. The van der Waals surface area contributed by atoms with E-state index in [1.54, 1.807) is 37.8 Å². The summed E-state index contributed by atoms with van der Waals surface area (Å²) in [6.07, 6.45) is 25.5. The van der Waals surface area contributed by atoms with Gasteiger partial charge in [0.15, 0.2) is 16.9 Å². The molecule has 0 radical (unpaired) electrons. The highest BCUT2D eigenvalue weighted by Crippen LogP contribution is 2.32. The van der Waals surface area contributed by atoms with E-state index in [4.69, 9.17) is 29.9 Å². The number of hydrogen-bond donors (Lipinski definition) is 10. The summed E-state index contributed by atoms with van der Waals surface area (Å²) in [6.45, 7) is 26.0. The van der Waals surface area contributed by atoms with Gasteiger partial charge in [-0.2, -0.15) is 58.7 Å². The van der Waals surface area contributed by atoms with Gasteiger partial charge < -0.3 is 67.7 Å². The van der Waals surface area contributed by atoms with Crippen molar-refractivity contribution in [1.82, 2.24) is 68.5 Å². The number of fused-ring (bicyclic) bond motifs is 3. The molecule has 2 saturated carbocycles. The van der Waals surface area contributed by atoms with Gasteiger partial charge in [0.1, 0.15) is 0 Å². The molecule has 7 heterocycles. The number of aliphatic hydroxyl groups is 1. The number of carbonyl (C=O) groups is 2. The van der Waals surface area contributed by atoms with E-state index in [-0.39, 0.29) is 24.5 Å². The third kappa shape index (κ3) is 19.9. The van der Waals surface area contributed by atoms with Gasteiger partial charge in [-0.05, 0) is 222 Å². The normalized spacial score (nSPS) is 17.0. The SMILES string of the molecule is C=CC(=C)Nc1ccc(C(=O)Nc2cccc(Nc3nc(NC4CCC(N(C)C)CC4)nc4c(CC)cnn34)c2)cc1.C=CC(=C)Nc1cccc(Nc2nc(NC3CCC(N(C)C)CC3)nc3c(CC)cnn23)c1.C=CC(=O)Nc1cccc(Nc2nc(N3CCCCC3CCO)nc3c(CC)cnn23)c1. The first-order valence-electron chi connectivity index (χ1n) is 37.0. The molecule has 107 heavy (non-hydrogen) atoms. The van der Waals surface area contributed by atoms with Gasteiger partial charge in [-0.3, -0.25) is 9.59 Å². The number of nitrogens with one attached hydrogen (secondary N) is 9. The van der Waals surface area contributed by atoms with Gasteiger partial charge in [-0.1, -0.05) is 71.9 Å². The van der Waals surface area contributed by atoms with Crippen molar-refractivity contribution in [3.8, 4) is 0 Å². The molecule has 6 aromatic heterocycles. The fourth-order valence-electron chi connectivity index (χ4n) is 13.5. The number of anilines is 13. The van der Waals surface area contributed by atoms with Crippen molar-refractivity contribution in [3.05, 3.63) is 200 Å². The molecule has 1 aliphatic heterocycles. The molecule has 3 fully saturated rings. The molecule has 1 unspecified atom stereocenters. The quantitative estimate of drug-likeness (QED) is 0.0161. The lowest BCUT2D eigenvalue weighted by Gasteiger charge is -2.35. The molecule has 27 heteroatoms. The lowest BCUT2D eigenvalue weighted by molar-refractivity contribution is -0.111. The van der Waals surface area contributed by atoms with Crippen LogP contribution in [0.4, 0.5) is 75.5 Å². The molecule has 1 saturated heterocycles. The van der Waals surface area contributed by atoms with Crippen LogP contribution < -0.4 is 52.8 Å². The number of hydrogen-bond acceptors (Lipinski definition) is 22. The predicted octanol–water partition coefficient (Wildman–Crippen LogP) is 14.2. The largest absolute Gasteiger partial charge is 0.396 e. The van der Waals surface area contributed by atoms with Crippen molar-refractivity contribution in [2.75, 3.05) is 94.1 Å². The van der Waals surface area contributed by atoms with Crippen molar-refractivity contribution in [1.29, 1.82) is 0 Å². The molecule has 2 amide bonds. The predicted molar refractivity (Wildman–Crippen MR) is 432 cm³/mol. The molecule has 27 nitrogen and oxygen atoms in total. The molecule has 3 aliphatic rings. The van der Waals surface area contributed by atoms with E-state index in [1.165, 1.54) is 18.9 Å². The van der Waals surface area contributed by atoms with Crippen LogP contribution in [0.3, 0.4) is 0 Å². The summed E-state index contributed by atoms with van der Waals surface area (Å²) in [5.74, 6) is 3.13. The summed E-state index contributed by atoms with van der Waals surface area (Å²) in [6, 6.07) is 32.3. The van der Waals surface area contributed by atoms with Crippen LogP contribution in [0.15, 0.2) is 178 Å². The highest BCUT2D eigenvalue weighted by atomic mass is 16.3. The minimum absolute atomic E-state index is 0.143. The zero-order valence-corrected chi connectivity index (χ0v) is 62.6. The Bertz CT molecular complexity index is 4730. The molecular weight excluding hydrogens is 1350 g/mol. The van der Waals surface area contributed by atoms with Gasteiger partial charge in [-0.15, -0.1) is 0 Å². The van der Waals surface area contributed by atoms with E-state index in [0.717, 1.165) is 151 Å². The number of carbonyl (C=O) groups excluding carboxylic acids is 2. The van der Waals surface area contributed by atoms with E-state index < -0.39 is 0 Å². The van der Waals surface area contributed by atoms with E-state index in [1.807, 2.05) is 104 Å². The van der Waals surface area contributed by atoms with Crippen LogP contribution in [0, 0.1) is 0 Å². The molecular formula is C80H102N24O3.